The molecule has 0 aliphatic rings. The van der Waals surface area contributed by atoms with E-state index in [0.29, 0.717) is 28.8 Å². The Morgan fingerprint density at radius 1 is 1.29 bits per heavy atom. The molecule has 3 rings (SSSR count). The first-order chi connectivity index (χ1) is 11.3. The van der Waals surface area contributed by atoms with Gasteiger partial charge in [-0.1, -0.05) is 23.5 Å². The third-order valence-electron chi connectivity index (χ3n) is 3.31. The van der Waals surface area contributed by atoms with Crippen LogP contribution in [0.15, 0.2) is 40.0 Å². The van der Waals surface area contributed by atoms with Crippen LogP contribution in [-0.4, -0.2) is 29.6 Å². The van der Waals surface area contributed by atoms with Crippen LogP contribution in [0.1, 0.15) is 11.3 Å². The van der Waals surface area contributed by atoms with Crippen molar-refractivity contribution in [2.24, 2.45) is 5.14 Å². The quantitative estimate of drug-likeness (QED) is 0.689. The van der Waals surface area contributed by atoms with Crippen LogP contribution < -0.4 is 16.0 Å². The Morgan fingerprint density at radius 2 is 2.00 bits per heavy atom. The zero-order valence-electron chi connectivity index (χ0n) is 12.8. The molecule has 126 valence electrons. The second-order valence-corrected chi connectivity index (χ2v) is 7.72. The standard InChI is InChI=1S/C14H15N5O3S2/c1-9-8-12(20)19-14(17-9)23-13(18-19)16-7-6-10-2-4-11(5-3-10)24(15,21)22/h2-5,8H,6-7H2,1H3,(H,16,18)(H2,15,21,22). The van der Waals surface area contributed by atoms with Crippen molar-refractivity contribution < 1.29 is 8.42 Å². The number of benzene rings is 1. The fraction of sp³-hybridized carbons (Fsp3) is 0.214. The van der Waals surface area contributed by atoms with Gasteiger partial charge in [-0.2, -0.15) is 4.52 Å². The van der Waals surface area contributed by atoms with E-state index in [4.69, 9.17) is 5.14 Å². The van der Waals surface area contributed by atoms with Crippen LogP contribution in [0, 0.1) is 6.92 Å². The highest BCUT2D eigenvalue weighted by atomic mass is 32.2. The summed E-state index contributed by atoms with van der Waals surface area (Å²) in [7, 11) is -3.67. The fourth-order valence-corrected chi connectivity index (χ4v) is 3.54. The van der Waals surface area contributed by atoms with E-state index in [0.717, 1.165) is 5.56 Å². The summed E-state index contributed by atoms with van der Waals surface area (Å²) in [4.78, 5) is 16.7. The normalized spacial score (nSPS) is 11.8. The van der Waals surface area contributed by atoms with Gasteiger partial charge in [-0.25, -0.2) is 18.5 Å². The molecular weight excluding hydrogens is 350 g/mol. The summed E-state index contributed by atoms with van der Waals surface area (Å²) in [6.07, 6.45) is 0.669. The first-order valence-corrected chi connectivity index (χ1v) is 9.42. The number of nitrogens with zero attached hydrogens (tertiary/aromatic N) is 3. The molecule has 0 saturated heterocycles. The number of hydrogen-bond acceptors (Lipinski definition) is 7. The third kappa shape index (κ3) is 3.61. The molecule has 0 fully saturated rings. The van der Waals surface area contributed by atoms with Crippen LogP contribution in [-0.2, 0) is 16.4 Å². The second-order valence-electron chi connectivity index (χ2n) is 5.20. The van der Waals surface area contributed by atoms with Gasteiger partial charge >= 0.3 is 0 Å². The van der Waals surface area contributed by atoms with Gasteiger partial charge in [-0.15, -0.1) is 5.10 Å². The molecule has 2 aromatic heterocycles. The summed E-state index contributed by atoms with van der Waals surface area (Å²) in [5.74, 6) is 0. The van der Waals surface area contributed by atoms with Crippen molar-refractivity contribution in [3.05, 3.63) is 51.9 Å². The molecule has 0 bridgehead atoms. The molecule has 0 amide bonds. The number of fused-ring (bicyclic) bond motifs is 1. The molecule has 24 heavy (non-hydrogen) atoms. The van der Waals surface area contributed by atoms with Gasteiger partial charge < -0.3 is 5.32 Å². The van der Waals surface area contributed by atoms with E-state index in [1.165, 1.54) is 34.1 Å². The molecule has 0 spiro atoms. The lowest BCUT2D eigenvalue weighted by molar-refractivity contribution is 0.598. The van der Waals surface area contributed by atoms with E-state index in [1.54, 1.807) is 19.1 Å². The van der Waals surface area contributed by atoms with Crippen molar-refractivity contribution in [3.8, 4) is 0 Å². The molecule has 0 unspecified atom stereocenters. The minimum absolute atomic E-state index is 0.0891. The smallest absolute Gasteiger partial charge is 0.275 e. The largest absolute Gasteiger partial charge is 0.360 e. The average Bonchev–Trinajstić information content (AvgIpc) is 2.90. The minimum Gasteiger partial charge on any atom is -0.360 e. The first kappa shape index (κ1) is 16.6. The predicted molar refractivity (Wildman–Crippen MR) is 91.9 cm³/mol. The highest BCUT2D eigenvalue weighted by Crippen LogP contribution is 2.16. The van der Waals surface area contributed by atoms with Crippen molar-refractivity contribution in [1.29, 1.82) is 0 Å². The highest BCUT2D eigenvalue weighted by Gasteiger charge is 2.08. The molecule has 0 atom stereocenters. The number of aromatic nitrogens is 3. The van der Waals surface area contributed by atoms with Gasteiger partial charge in [0.05, 0.1) is 4.90 Å². The van der Waals surface area contributed by atoms with Crippen molar-refractivity contribution >= 4 is 31.5 Å². The summed E-state index contributed by atoms with van der Waals surface area (Å²) in [6.45, 7) is 2.35. The lowest BCUT2D eigenvalue weighted by Crippen LogP contribution is -2.14. The lowest BCUT2D eigenvalue weighted by atomic mass is 10.1. The molecule has 10 heteroatoms. The summed E-state index contributed by atoms with van der Waals surface area (Å²) in [5, 5.41) is 13.0. The van der Waals surface area contributed by atoms with E-state index in [2.05, 4.69) is 15.4 Å². The van der Waals surface area contributed by atoms with E-state index >= 15 is 0 Å². The Labute approximate surface area is 142 Å². The molecule has 3 N–H and O–H groups in total. The lowest BCUT2D eigenvalue weighted by Gasteiger charge is -2.03. The van der Waals surface area contributed by atoms with Crippen LogP contribution in [0.3, 0.4) is 0 Å². The maximum atomic E-state index is 11.8. The molecule has 2 heterocycles. The Bertz CT molecular complexity index is 1040. The van der Waals surface area contributed by atoms with E-state index in [-0.39, 0.29) is 10.5 Å². The number of anilines is 1. The number of sulfonamides is 1. The van der Waals surface area contributed by atoms with Gasteiger partial charge in [-0.3, -0.25) is 4.79 Å². The van der Waals surface area contributed by atoms with Gasteiger partial charge in [0.15, 0.2) is 0 Å². The zero-order valence-corrected chi connectivity index (χ0v) is 14.4. The molecule has 0 aliphatic heterocycles. The Morgan fingerprint density at radius 3 is 2.67 bits per heavy atom. The van der Waals surface area contributed by atoms with Gasteiger partial charge in [-0.05, 0) is 31.0 Å². The number of hydrogen-bond donors (Lipinski definition) is 2. The molecule has 3 aromatic rings. The van der Waals surface area contributed by atoms with Crippen LogP contribution >= 0.6 is 11.3 Å². The van der Waals surface area contributed by atoms with E-state index < -0.39 is 10.0 Å². The van der Waals surface area contributed by atoms with Gasteiger partial charge in [0.2, 0.25) is 20.1 Å². The topological polar surface area (TPSA) is 119 Å². The maximum Gasteiger partial charge on any atom is 0.275 e. The monoisotopic (exact) mass is 365 g/mol. The summed E-state index contributed by atoms with van der Waals surface area (Å²) >= 11 is 1.30. The van der Waals surface area contributed by atoms with Gasteiger partial charge in [0.25, 0.3) is 5.56 Å². The summed E-state index contributed by atoms with van der Waals surface area (Å²) in [6, 6.07) is 7.83. The second kappa shape index (κ2) is 6.30. The average molecular weight is 365 g/mol. The summed E-state index contributed by atoms with van der Waals surface area (Å²) in [5.41, 5.74) is 1.41. The van der Waals surface area contributed by atoms with Crippen LogP contribution in [0.5, 0.6) is 0 Å². The zero-order chi connectivity index (χ0) is 17.3. The first-order valence-electron chi connectivity index (χ1n) is 7.06. The molecule has 8 nitrogen and oxygen atoms in total. The van der Waals surface area contributed by atoms with Crippen molar-refractivity contribution in [2.75, 3.05) is 11.9 Å². The Hall–Kier alpha value is -2.30. The van der Waals surface area contributed by atoms with E-state index in [9.17, 15) is 13.2 Å². The highest BCUT2D eigenvalue weighted by molar-refractivity contribution is 7.89. The van der Waals surface area contributed by atoms with Crippen molar-refractivity contribution in [3.63, 3.8) is 0 Å². The van der Waals surface area contributed by atoms with Gasteiger partial charge in [0.1, 0.15) is 0 Å². The van der Waals surface area contributed by atoms with E-state index in [1.807, 2.05) is 0 Å². The number of nitrogens with one attached hydrogen (secondary N) is 1. The fourth-order valence-electron chi connectivity index (χ4n) is 2.15. The van der Waals surface area contributed by atoms with Crippen LogP contribution in [0.4, 0.5) is 5.13 Å². The number of aryl methyl sites for hydroxylation is 1. The van der Waals surface area contributed by atoms with Crippen molar-refractivity contribution in [1.82, 2.24) is 14.6 Å². The molecule has 0 saturated carbocycles. The van der Waals surface area contributed by atoms with Crippen LogP contribution in [0.25, 0.3) is 4.96 Å². The SMILES string of the molecule is Cc1cc(=O)n2nc(NCCc3ccc(S(N)(=O)=O)cc3)sc2n1. The summed E-state index contributed by atoms with van der Waals surface area (Å²) < 4.78 is 23.7. The van der Waals surface area contributed by atoms with Crippen molar-refractivity contribution in [2.45, 2.75) is 18.2 Å². The van der Waals surface area contributed by atoms with Gasteiger partial charge in [0, 0.05) is 18.3 Å². The Kier molecular flexibility index (Phi) is 4.35. The van der Waals surface area contributed by atoms with Crippen LogP contribution in [0.2, 0.25) is 0 Å². The predicted octanol–water partition coefficient (Wildman–Crippen LogP) is 0.761. The molecule has 0 radical (unpaired) electrons. The molecule has 0 aliphatic carbocycles. The number of primary sulfonamides is 1. The number of nitrogens with two attached hydrogens (primary N) is 1. The minimum atomic E-state index is -3.67. The molecular formula is C14H15N5O3S2. The maximum absolute atomic E-state index is 11.8. The molecule has 1 aromatic carbocycles. The Balaban J connectivity index is 1.66. The third-order valence-corrected chi connectivity index (χ3v) is 5.11. The number of rotatable bonds is 5.